The highest BCUT2D eigenvalue weighted by molar-refractivity contribution is 7.89. The van der Waals surface area contributed by atoms with E-state index >= 15 is 0 Å². The van der Waals surface area contributed by atoms with Crippen molar-refractivity contribution in [2.24, 2.45) is 0 Å². The molecular weight excluding hydrogens is 292 g/mol. The van der Waals surface area contributed by atoms with E-state index in [4.69, 9.17) is 11.6 Å². The molecule has 0 aliphatic carbocycles. The Morgan fingerprint density at radius 2 is 1.95 bits per heavy atom. The molecule has 1 aromatic carbocycles. The molecule has 1 aromatic rings. The summed E-state index contributed by atoms with van der Waals surface area (Å²) >= 11 is 5.38. The molecule has 19 heavy (non-hydrogen) atoms. The maximum Gasteiger partial charge on any atom is 0.411 e. The molecule has 0 aliphatic heterocycles. The van der Waals surface area contributed by atoms with Gasteiger partial charge in [-0.25, -0.2) is 17.9 Å². The normalized spacial score (nSPS) is 11.1. The molecule has 8 heteroatoms. The van der Waals surface area contributed by atoms with E-state index < -0.39 is 16.1 Å². The summed E-state index contributed by atoms with van der Waals surface area (Å²) in [5.41, 5.74) is 1.34. The van der Waals surface area contributed by atoms with Gasteiger partial charge in [-0.15, -0.1) is 11.6 Å². The summed E-state index contributed by atoms with van der Waals surface area (Å²) in [6.45, 7) is 0.178. The highest BCUT2D eigenvalue weighted by Gasteiger charge is 2.08. The standard InChI is InChI=1S/C11H15ClN2O4S/c1-18-11(15)14-10-4-2-9(3-5-10)8-13-19(16,17)7-6-12/h2-5,13H,6-8H2,1H3,(H,14,15). The number of benzene rings is 1. The van der Waals surface area contributed by atoms with Crippen LogP contribution in [0.4, 0.5) is 10.5 Å². The number of carbonyl (C=O) groups is 1. The van der Waals surface area contributed by atoms with Crippen molar-refractivity contribution in [1.82, 2.24) is 4.72 Å². The molecule has 0 heterocycles. The van der Waals surface area contributed by atoms with Crippen molar-refractivity contribution in [2.45, 2.75) is 6.54 Å². The molecule has 0 radical (unpaired) electrons. The van der Waals surface area contributed by atoms with Crippen LogP contribution in [0.1, 0.15) is 5.56 Å². The number of ether oxygens (including phenoxy) is 1. The number of alkyl halides is 1. The molecule has 0 saturated carbocycles. The number of amides is 1. The highest BCUT2D eigenvalue weighted by atomic mass is 35.5. The molecule has 0 spiro atoms. The van der Waals surface area contributed by atoms with Crippen LogP contribution in [0.5, 0.6) is 0 Å². The van der Waals surface area contributed by atoms with E-state index in [9.17, 15) is 13.2 Å². The van der Waals surface area contributed by atoms with E-state index in [-0.39, 0.29) is 18.2 Å². The molecule has 6 nitrogen and oxygen atoms in total. The van der Waals surface area contributed by atoms with Crippen LogP contribution < -0.4 is 10.0 Å². The number of halogens is 1. The molecule has 2 N–H and O–H groups in total. The van der Waals surface area contributed by atoms with E-state index in [0.717, 1.165) is 5.56 Å². The number of hydrogen-bond acceptors (Lipinski definition) is 4. The lowest BCUT2D eigenvalue weighted by atomic mass is 10.2. The number of rotatable bonds is 6. The van der Waals surface area contributed by atoms with Gasteiger partial charge in [0.05, 0.1) is 12.9 Å². The molecule has 0 unspecified atom stereocenters. The van der Waals surface area contributed by atoms with Crippen molar-refractivity contribution in [2.75, 3.05) is 24.1 Å². The van der Waals surface area contributed by atoms with Gasteiger partial charge in [0.1, 0.15) is 0 Å². The molecule has 0 fully saturated rings. The summed E-state index contributed by atoms with van der Waals surface area (Å²) in [6.07, 6.45) is -0.560. The highest BCUT2D eigenvalue weighted by Crippen LogP contribution is 2.10. The number of sulfonamides is 1. The number of methoxy groups -OCH3 is 1. The van der Waals surface area contributed by atoms with Gasteiger partial charge in [0.25, 0.3) is 0 Å². The second-order valence-electron chi connectivity index (χ2n) is 3.64. The molecule has 0 aromatic heterocycles. The first-order valence-corrected chi connectivity index (χ1v) is 7.63. The minimum absolute atomic E-state index is 0.0529. The molecule has 1 amide bonds. The number of hydrogen-bond donors (Lipinski definition) is 2. The van der Waals surface area contributed by atoms with Crippen LogP contribution in [0, 0.1) is 0 Å². The van der Waals surface area contributed by atoms with Gasteiger partial charge >= 0.3 is 6.09 Å². The van der Waals surface area contributed by atoms with Crippen LogP contribution >= 0.6 is 11.6 Å². The zero-order chi connectivity index (χ0) is 14.3. The van der Waals surface area contributed by atoms with Crippen molar-refractivity contribution < 1.29 is 17.9 Å². The zero-order valence-corrected chi connectivity index (χ0v) is 11.9. The van der Waals surface area contributed by atoms with Gasteiger partial charge in [-0.1, -0.05) is 12.1 Å². The fourth-order valence-electron chi connectivity index (χ4n) is 1.24. The van der Waals surface area contributed by atoms with Crippen molar-refractivity contribution in [3.05, 3.63) is 29.8 Å². The van der Waals surface area contributed by atoms with Crippen molar-refractivity contribution >= 4 is 33.4 Å². The lowest BCUT2D eigenvalue weighted by Gasteiger charge is -2.07. The molecule has 106 valence electrons. The van der Waals surface area contributed by atoms with Crippen molar-refractivity contribution in [1.29, 1.82) is 0 Å². The van der Waals surface area contributed by atoms with E-state index in [0.29, 0.717) is 5.69 Å². The van der Waals surface area contributed by atoms with Crippen LogP contribution in [0.15, 0.2) is 24.3 Å². The van der Waals surface area contributed by atoms with Crippen LogP contribution in [-0.4, -0.2) is 33.3 Å². The van der Waals surface area contributed by atoms with Crippen molar-refractivity contribution in [3.63, 3.8) is 0 Å². The monoisotopic (exact) mass is 306 g/mol. The first-order valence-electron chi connectivity index (χ1n) is 5.44. The second kappa shape index (κ2) is 7.32. The SMILES string of the molecule is COC(=O)Nc1ccc(CNS(=O)(=O)CCCl)cc1. The quantitative estimate of drug-likeness (QED) is 0.781. The van der Waals surface area contributed by atoms with Crippen LogP contribution in [-0.2, 0) is 21.3 Å². The summed E-state index contributed by atoms with van der Waals surface area (Å²) in [4.78, 5) is 11.0. The lowest BCUT2D eigenvalue weighted by Crippen LogP contribution is -2.26. The fraction of sp³-hybridized carbons (Fsp3) is 0.364. The maximum atomic E-state index is 11.4. The number of carbonyl (C=O) groups excluding carboxylic acids is 1. The third-order valence-corrected chi connectivity index (χ3v) is 3.97. The average molecular weight is 307 g/mol. The fourth-order valence-corrected chi connectivity index (χ4v) is 2.59. The number of nitrogens with one attached hydrogen (secondary N) is 2. The van der Waals surface area contributed by atoms with Gasteiger partial charge in [-0.2, -0.15) is 0 Å². The molecule has 0 atom stereocenters. The van der Waals surface area contributed by atoms with Crippen molar-refractivity contribution in [3.8, 4) is 0 Å². The second-order valence-corrected chi connectivity index (χ2v) is 5.95. The molecule has 1 rings (SSSR count). The average Bonchev–Trinajstić information content (AvgIpc) is 2.38. The third kappa shape index (κ3) is 5.91. The van der Waals surface area contributed by atoms with Gasteiger partial charge in [0.2, 0.25) is 10.0 Å². The molecule has 0 bridgehead atoms. The topological polar surface area (TPSA) is 84.5 Å². The minimum atomic E-state index is -3.33. The Balaban J connectivity index is 2.55. The van der Waals surface area contributed by atoms with Crippen LogP contribution in [0.25, 0.3) is 0 Å². The predicted molar refractivity (Wildman–Crippen MR) is 73.8 cm³/mol. The van der Waals surface area contributed by atoms with Gasteiger partial charge < -0.3 is 4.74 Å². The van der Waals surface area contributed by atoms with Crippen LogP contribution in [0.3, 0.4) is 0 Å². The van der Waals surface area contributed by atoms with E-state index in [2.05, 4.69) is 14.8 Å². The zero-order valence-electron chi connectivity index (χ0n) is 10.3. The first kappa shape index (κ1) is 15.7. The Bertz CT molecular complexity index is 516. The Labute approximate surface area is 117 Å². The molecule has 0 aliphatic rings. The Hall–Kier alpha value is -1.31. The van der Waals surface area contributed by atoms with Gasteiger partial charge in [0.15, 0.2) is 0 Å². The summed E-state index contributed by atoms with van der Waals surface area (Å²) in [5, 5.41) is 2.49. The predicted octanol–water partition coefficient (Wildman–Crippen LogP) is 1.52. The smallest absolute Gasteiger partial charge is 0.411 e. The minimum Gasteiger partial charge on any atom is -0.453 e. The van der Waals surface area contributed by atoms with Gasteiger partial charge in [0, 0.05) is 18.1 Å². The summed E-state index contributed by atoms with van der Waals surface area (Å²) in [6, 6.07) is 6.72. The summed E-state index contributed by atoms with van der Waals surface area (Å²) in [5.74, 6) is -0.0617. The first-order chi connectivity index (χ1) is 8.96. The Morgan fingerprint density at radius 1 is 1.32 bits per heavy atom. The lowest BCUT2D eigenvalue weighted by molar-refractivity contribution is 0.187. The van der Waals surface area contributed by atoms with Gasteiger partial charge in [-0.3, -0.25) is 5.32 Å². The Morgan fingerprint density at radius 3 is 2.47 bits per heavy atom. The molecular formula is C11H15ClN2O4S. The summed E-state index contributed by atoms with van der Waals surface area (Å²) in [7, 11) is -2.06. The third-order valence-electron chi connectivity index (χ3n) is 2.23. The molecule has 0 saturated heterocycles. The van der Waals surface area contributed by atoms with Gasteiger partial charge in [-0.05, 0) is 17.7 Å². The summed E-state index contributed by atoms with van der Waals surface area (Å²) < 4.78 is 29.6. The van der Waals surface area contributed by atoms with E-state index in [1.807, 2.05) is 0 Å². The maximum absolute atomic E-state index is 11.4. The van der Waals surface area contributed by atoms with Crippen LogP contribution in [0.2, 0.25) is 0 Å². The van der Waals surface area contributed by atoms with E-state index in [1.54, 1.807) is 24.3 Å². The Kier molecular flexibility index (Phi) is 6.07. The largest absolute Gasteiger partial charge is 0.453 e. The van der Waals surface area contributed by atoms with E-state index in [1.165, 1.54) is 7.11 Å². The number of anilines is 1.